The van der Waals surface area contributed by atoms with Gasteiger partial charge in [-0.05, 0) is 12.1 Å². The van der Waals surface area contributed by atoms with Crippen molar-refractivity contribution in [1.29, 1.82) is 0 Å². The summed E-state index contributed by atoms with van der Waals surface area (Å²) < 4.78 is 5.69. The summed E-state index contributed by atoms with van der Waals surface area (Å²) >= 11 is 0. The minimum Gasteiger partial charge on any atom is -0.491 e. The lowest BCUT2D eigenvalue weighted by Crippen LogP contribution is -2.03. The number of hydrogen-bond donors (Lipinski definition) is 0. The van der Waals surface area contributed by atoms with E-state index < -0.39 is 0 Å². The van der Waals surface area contributed by atoms with E-state index in [-0.39, 0.29) is 0 Å². The lowest BCUT2D eigenvalue weighted by Gasteiger charge is -2.08. The number of hydrogen-bond acceptors (Lipinski definition) is 2. The second kappa shape index (κ2) is 4.42. The number of ether oxygens (including phenoxy) is 1. The van der Waals surface area contributed by atoms with Gasteiger partial charge in [-0.1, -0.05) is 42.5 Å². The summed E-state index contributed by atoms with van der Waals surface area (Å²) in [6.45, 7) is 1.35. The largest absolute Gasteiger partial charge is 0.491 e. The molecule has 1 aliphatic heterocycles. The highest BCUT2D eigenvalue weighted by molar-refractivity contribution is 6.14. The van der Waals surface area contributed by atoms with Crippen LogP contribution >= 0.6 is 0 Å². The van der Waals surface area contributed by atoms with Crippen molar-refractivity contribution in [2.45, 2.75) is 0 Å². The van der Waals surface area contributed by atoms with E-state index in [1.54, 1.807) is 0 Å². The van der Waals surface area contributed by atoms with Crippen molar-refractivity contribution >= 4 is 5.71 Å². The molecule has 1 aliphatic rings. The molecule has 0 radical (unpaired) electrons. The molecule has 0 aromatic heterocycles. The number of rotatable bonds is 1. The van der Waals surface area contributed by atoms with E-state index in [1.807, 2.05) is 36.4 Å². The fourth-order valence-electron chi connectivity index (χ4n) is 2.03. The van der Waals surface area contributed by atoms with Gasteiger partial charge in [0, 0.05) is 11.1 Å². The fraction of sp³-hybridized carbons (Fsp3) is 0.133. The average molecular weight is 223 g/mol. The quantitative estimate of drug-likeness (QED) is 0.728. The molecule has 2 aromatic carbocycles. The molecule has 0 amide bonds. The second-order valence-electron chi connectivity index (χ2n) is 3.94. The first-order chi connectivity index (χ1) is 8.45. The molecule has 0 saturated carbocycles. The van der Waals surface area contributed by atoms with Gasteiger partial charge in [-0.2, -0.15) is 0 Å². The third kappa shape index (κ3) is 1.94. The van der Waals surface area contributed by atoms with Crippen LogP contribution in [0, 0.1) is 0 Å². The first-order valence-electron chi connectivity index (χ1n) is 5.77. The molecule has 2 aromatic rings. The predicted molar refractivity (Wildman–Crippen MR) is 68.9 cm³/mol. The van der Waals surface area contributed by atoms with Crippen LogP contribution < -0.4 is 4.74 Å². The summed E-state index contributed by atoms with van der Waals surface area (Å²) in [6.07, 6.45) is 0. The Hall–Kier alpha value is -2.09. The highest BCUT2D eigenvalue weighted by atomic mass is 16.5. The molecule has 2 heteroatoms. The summed E-state index contributed by atoms with van der Waals surface area (Å²) in [4.78, 5) is 4.63. The number of aliphatic imine (C=N–C) groups is 1. The van der Waals surface area contributed by atoms with Gasteiger partial charge in [-0.25, -0.2) is 0 Å². The average Bonchev–Trinajstić information content (AvgIpc) is 2.62. The van der Waals surface area contributed by atoms with Gasteiger partial charge in [-0.15, -0.1) is 0 Å². The Bertz CT molecular complexity index is 546. The van der Waals surface area contributed by atoms with Crippen molar-refractivity contribution in [3.8, 4) is 5.75 Å². The first-order valence-corrected chi connectivity index (χ1v) is 5.77. The van der Waals surface area contributed by atoms with Crippen LogP contribution in [0.4, 0.5) is 0 Å². The van der Waals surface area contributed by atoms with Gasteiger partial charge in [-0.3, -0.25) is 4.99 Å². The van der Waals surface area contributed by atoms with Gasteiger partial charge >= 0.3 is 0 Å². The van der Waals surface area contributed by atoms with Gasteiger partial charge in [0.1, 0.15) is 12.4 Å². The molecule has 0 bridgehead atoms. The van der Waals surface area contributed by atoms with E-state index in [0.717, 1.165) is 22.6 Å². The second-order valence-corrected chi connectivity index (χ2v) is 3.94. The molecule has 0 fully saturated rings. The zero-order chi connectivity index (χ0) is 11.5. The van der Waals surface area contributed by atoms with Crippen molar-refractivity contribution in [2.24, 2.45) is 4.99 Å². The van der Waals surface area contributed by atoms with Crippen LogP contribution in [-0.4, -0.2) is 18.9 Å². The Balaban J connectivity index is 2.14. The first kappa shape index (κ1) is 10.1. The zero-order valence-electron chi connectivity index (χ0n) is 9.47. The Kier molecular flexibility index (Phi) is 2.62. The molecule has 0 aliphatic carbocycles. The van der Waals surface area contributed by atoms with Crippen molar-refractivity contribution in [2.75, 3.05) is 13.2 Å². The monoisotopic (exact) mass is 223 g/mol. The maximum atomic E-state index is 5.69. The Morgan fingerprint density at radius 3 is 2.53 bits per heavy atom. The fourth-order valence-corrected chi connectivity index (χ4v) is 2.03. The van der Waals surface area contributed by atoms with Gasteiger partial charge in [0.05, 0.1) is 12.3 Å². The smallest absolute Gasteiger partial charge is 0.128 e. The van der Waals surface area contributed by atoms with E-state index in [4.69, 9.17) is 4.74 Å². The molecular weight excluding hydrogens is 210 g/mol. The van der Waals surface area contributed by atoms with E-state index in [9.17, 15) is 0 Å². The lowest BCUT2D eigenvalue weighted by atomic mass is 10.0. The Morgan fingerprint density at radius 2 is 1.65 bits per heavy atom. The number of fused-ring (bicyclic) bond motifs is 1. The van der Waals surface area contributed by atoms with Gasteiger partial charge in [0.25, 0.3) is 0 Å². The minimum atomic E-state index is 0.646. The lowest BCUT2D eigenvalue weighted by molar-refractivity contribution is 0.331. The third-order valence-corrected chi connectivity index (χ3v) is 2.81. The van der Waals surface area contributed by atoms with E-state index in [2.05, 4.69) is 23.2 Å². The molecule has 84 valence electrons. The summed E-state index contributed by atoms with van der Waals surface area (Å²) in [5.41, 5.74) is 3.25. The summed E-state index contributed by atoms with van der Waals surface area (Å²) in [6, 6.07) is 18.3. The molecule has 0 N–H and O–H groups in total. The van der Waals surface area contributed by atoms with Crippen molar-refractivity contribution in [1.82, 2.24) is 0 Å². The van der Waals surface area contributed by atoms with Crippen LogP contribution in [0.5, 0.6) is 5.75 Å². The van der Waals surface area contributed by atoms with Crippen molar-refractivity contribution < 1.29 is 4.74 Å². The SMILES string of the molecule is c1ccc(C2=NCCOc3ccccc32)cc1. The molecule has 2 nitrogen and oxygen atoms in total. The number of benzene rings is 2. The van der Waals surface area contributed by atoms with Gasteiger partial charge < -0.3 is 4.74 Å². The Morgan fingerprint density at radius 1 is 0.882 bits per heavy atom. The van der Waals surface area contributed by atoms with Crippen LogP contribution in [0.15, 0.2) is 59.6 Å². The van der Waals surface area contributed by atoms with Crippen LogP contribution in [0.3, 0.4) is 0 Å². The summed E-state index contributed by atoms with van der Waals surface area (Å²) in [5, 5.41) is 0. The molecule has 0 spiro atoms. The van der Waals surface area contributed by atoms with Crippen molar-refractivity contribution in [3.63, 3.8) is 0 Å². The van der Waals surface area contributed by atoms with Crippen LogP contribution in [0.2, 0.25) is 0 Å². The topological polar surface area (TPSA) is 21.6 Å². The summed E-state index contributed by atoms with van der Waals surface area (Å²) in [7, 11) is 0. The standard InChI is InChI=1S/C15H13NO/c1-2-6-12(7-3-1)15-13-8-4-5-9-14(13)17-11-10-16-15/h1-9H,10-11H2. The molecule has 0 atom stereocenters. The normalized spacial score (nSPS) is 14.2. The highest BCUT2D eigenvalue weighted by Crippen LogP contribution is 2.23. The molecule has 1 heterocycles. The molecule has 17 heavy (non-hydrogen) atoms. The summed E-state index contributed by atoms with van der Waals surface area (Å²) in [5.74, 6) is 0.924. The molecule has 0 unspecified atom stereocenters. The predicted octanol–water partition coefficient (Wildman–Crippen LogP) is 2.92. The van der Waals surface area contributed by atoms with Crippen LogP contribution in [-0.2, 0) is 0 Å². The van der Waals surface area contributed by atoms with Crippen LogP contribution in [0.1, 0.15) is 11.1 Å². The third-order valence-electron chi connectivity index (χ3n) is 2.81. The zero-order valence-corrected chi connectivity index (χ0v) is 9.47. The molecular formula is C15H13NO. The highest BCUT2D eigenvalue weighted by Gasteiger charge is 2.14. The molecule has 3 rings (SSSR count). The van der Waals surface area contributed by atoms with E-state index in [0.29, 0.717) is 13.2 Å². The minimum absolute atomic E-state index is 0.646. The maximum Gasteiger partial charge on any atom is 0.128 e. The number of para-hydroxylation sites is 1. The maximum absolute atomic E-state index is 5.69. The van der Waals surface area contributed by atoms with Crippen molar-refractivity contribution in [3.05, 3.63) is 65.7 Å². The van der Waals surface area contributed by atoms with Crippen LogP contribution in [0.25, 0.3) is 0 Å². The Labute approximate surface area is 101 Å². The molecule has 0 saturated heterocycles. The van der Waals surface area contributed by atoms with Gasteiger partial charge in [0.2, 0.25) is 0 Å². The van der Waals surface area contributed by atoms with E-state index in [1.165, 1.54) is 0 Å². The number of nitrogens with zero attached hydrogens (tertiary/aromatic N) is 1. The van der Waals surface area contributed by atoms with E-state index >= 15 is 0 Å². The van der Waals surface area contributed by atoms with Gasteiger partial charge in [0.15, 0.2) is 0 Å².